The lowest BCUT2D eigenvalue weighted by molar-refractivity contribution is 0.335. The molecule has 0 atom stereocenters. The van der Waals surface area contributed by atoms with Crippen molar-refractivity contribution in [3.05, 3.63) is 85.6 Å². The third-order valence-electron chi connectivity index (χ3n) is 5.90. The highest BCUT2D eigenvalue weighted by atomic mass is 35.5. The molecule has 38 heavy (non-hydrogen) atoms. The van der Waals surface area contributed by atoms with E-state index in [-0.39, 0.29) is 33.9 Å². The molecular weight excluding hydrogens is 523 g/mol. The third-order valence-corrected chi connectivity index (χ3v) is 6.46. The van der Waals surface area contributed by atoms with E-state index < -0.39 is 0 Å². The summed E-state index contributed by atoms with van der Waals surface area (Å²) in [7, 11) is 0. The number of hydrogen-bond acceptors (Lipinski definition) is 6. The first-order valence-corrected chi connectivity index (χ1v) is 12.8. The summed E-state index contributed by atoms with van der Waals surface area (Å²) in [6.45, 7) is 8.45. The highest BCUT2D eigenvalue weighted by molar-refractivity contribution is 6.37. The zero-order valence-corrected chi connectivity index (χ0v) is 23.0. The van der Waals surface area contributed by atoms with Gasteiger partial charge in [0.05, 0.1) is 33.8 Å². The number of fused-ring (bicyclic) bond motifs is 1. The zero-order valence-electron chi connectivity index (χ0n) is 21.5. The Morgan fingerprint density at radius 1 is 1.13 bits per heavy atom. The average molecular weight is 549 g/mol. The van der Waals surface area contributed by atoms with Crippen LogP contribution in [-0.4, -0.2) is 29.1 Å². The molecule has 0 unspecified atom stereocenters. The summed E-state index contributed by atoms with van der Waals surface area (Å²) in [6.07, 6.45) is 1.49. The van der Waals surface area contributed by atoms with Crippen LogP contribution in [0.4, 0.5) is 0 Å². The zero-order chi connectivity index (χ0) is 27.4. The average Bonchev–Trinajstić information content (AvgIpc) is 2.88. The van der Waals surface area contributed by atoms with Gasteiger partial charge in [-0.1, -0.05) is 49.2 Å². The van der Waals surface area contributed by atoms with Crippen LogP contribution in [-0.2, 0) is 0 Å². The second kappa shape index (κ2) is 11.7. The Kier molecular flexibility index (Phi) is 8.35. The summed E-state index contributed by atoms with van der Waals surface area (Å²) in [5.74, 6) is 1.61. The molecule has 0 radical (unpaired) electrons. The van der Waals surface area contributed by atoms with Crippen molar-refractivity contribution in [2.45, 2.75) is 33.6 Å². The van der Waals surface area contributed by atoms with Gasteiger partial charge in [-0.3, -0.25) is 4.79 Å². The maximum absolute atomic E-state index is 13.6. The van der Waals surface area contributed by atoms with E-state index in [1.165, 1.54) is 10.9 Å². The fraction of sp³-hybridized carbons (Fsp3) is 0.241. The molecule has 4 aromatic rings. The van der Waals surface area contributed by atoms with Gasteiger partial charge in [-0.15, -0.1) is 0 Å². The van der Waals surface area contributed by atoms with Gasteiger partial charge in [0.2, 0.25) is 0 Å². The summed E-state index contributed by atoms with van der Waals surface area (Å²) < 4.78 is 12.5. The highest BCUT2D eigenvalue weighted by Crippen LogP contribution is 2.35. The van der Waals surface area contributed by atoms with Crippen molar-refractivity contribution in [3.8, 4) is 29.0 Å². The monoisotopic (exact) mass is 548 g/mol. The third kappa shape index (κ3) is 5.52. The van der Waals surface area contributed by atoms with Crippen LogP contribution in [0.2, 0.25) is 10.0 Å². The molecule has 9 heteroatoms. The number of rotatable bonds is 8. The van der Waals surface area contributed by atoms with E-state index in [0.717, 1.165) is 22.4 Å². The van der Waals surface area contributed by atoms with E-state index >= 15 is 0 Å². The van der Waals surface area contributed by atoms with E-state index in [1.54, 1.807) is 30.3 Å². The van der Waals surface area contributed by atoms with Gasteiger partial charge < -0.3 is 9.47 Å². The SMILES string of the molecule is CCOc1cc(C)c(-c2nc3ccccc3c(=O)n2N=Cc2cc(Cl)c(OCC#N)c(Cl)c2)cc1C(C)C. The van der Waals surface area contributed by atoms with Crippen molar-refractivity contribution in [2.24, 2.45) is 5.10 Å². The fourth-order valence-electron chi connectivity index (χ4n) is 4.10. The number of nitrogens with zero attached hydrogens (tertiary/aromatic N) is 4. The summed E-state index contributed by atoms with van der Waals surface area (Å²) in [4.78, 5) is 18.5. The molecule has 0 spiro atoms. The number of aryl methyl sites for hydroxylation is 1. The Morgan fingerprint density at radius 2 is 1.84 bits per heavy atom. The van der Waals surface area contributed by atoms with E-state index in [9.17, 15) is 4.79 Å². The molecule has 0 saturated carbocycles. The molecule has 0 bridgehead atoms. The van der Waals surface area contributed by atoms with Crippen molar-refractivity contribution in [1.82, 2.24) is 9.66 Å². The van der Waals surface area contributed by atoms with Crippen LogP contribution in [0.15, 0.2) is 58.4 Å². The molecule has 4 rings (SSSR count). The van der Waals surface area contributed by atoms with Crippen molar-refractivity contribution < 1.29 is 9.47 Å². The molecular formula is C29H26Cl2N4O3. The second-order valence-corrected chi connectivity index (χ2v) is 9.68. The number of ether oxygens (including phenoxy) is 2. The lowest BCUT2D eigenvalue weighted by atomic mass is 9.96. The lowest BCUT2D eigenvalue weighted by Crippen LogP contribution is -2.21. The Hall–Kier alpha value is -3.86. The Morgan fingerprint density at radius 3 is 2.50 bits per heavy atom. The minimum atomic E-state index is -0.313. The Bertz CT molecular complexity index is 1610. The van der Waals surface area contributed by atoms with Gasteiger partial charge in [-0.25, -0.2) is 4.98 Å². The molecule has 1 aromatic heterocycles. The van der Waals surface area contributed by atoms with E-state index in [0.29, 0.717) is 28.9 Å². The smallest absolute Gasteiger partial charge is 0.282 e. The maximum atomic E-state index is 13.6. The molecule has 0 aliphatic carbocycles. The highest BCUT2D eigenvalue weighted by Gasteiger charge is 2.19. The van der Waals surface area contributed by atoms with Crippen LogP contribution in [0, 0.1) is 18.3 Å². The Labute approximate surface area is 230 Å². The van der Waals surface area contributed by atoms with Gasteiger partial charge in [-0.2, -0.15) is 15.0 Å². The second-order valence-electron chi connectivity index (χ2n) is 8.87. The van der Waals surface area contributed by atoms with E-state index in [4.69, 9.17) is 42.9 Å². The number of halogens is 2. The fourth-order valence-corrected chi connectivity index (χ4v) is 4.71. The minimum Gasteiger partial charge on any atom is -0.494 e. The van der Waals surface area contributed by atoms with Crippen molar-refractivity contribution >= 4 is 40.3 Å². The molecule has 3 aromatic carbocycles. The van der Waals surface area contributed by atoms with Gasteiger partial charge in [0, 0.05) is 5.56 Å². The van der Waals surface area contributed by atoms with Crippen LogP contribution in [0.5, 0.6) is 11.5 Å². The van der Waals surface area contributed by atoms with Crippen LogP contribution in [0.1, 0.15) is 43.4 Å². The minimum absolute atomic E-state index is 0.186. The van der Waals surface area contributed by atoms with Gasteiger partial charge >= 0.3 is 0 Å². The molecule has 0 aliphatic heterocycles. The van der Waals surface area contributed by atoms with Crippen molar-refractivity contribution in [1.29, 1.82) is 5.26 Å². The summed E-state index contributed by atoms with van der Waals surface area (Å²) in [6, 6.07) is 16.2. The first kappa shape index (κ1) is 27.2. The molecule has 0 saturated heterocycles. The molecule has 194 valence electrons. The van der Waals surface area contributed by atoms with E-state index in [1.807, 2.05) is 38.1 Å². The van der Waals surface area contributed by atoms with Gasteiger partial charge in [0.15, 0.2) is 18.2 Å². The predicted octanol–water partition coefficient (Wildman–Crippen LogP) is 6.99. The standard InChI is InChI=1S/C29H26Cl2N4O3/c1-5-37-26-12-18(4)22(15-21(26)17(2)3)28-34-25-9-7-6-8-20(25)29(36)35(28)33-16-19-13-23(30)27(24(31)14-19)38-11-10-32/h6-9,12-17H,5,11H2,1-4H3. The molecule has 0 amide bonds. The maximum Gasteiger partial charge on any atom is 0.282 e. The molecule has 0 N–H and O–H groups in total. The predicted molar refractivity (Wildman–Crippen MR) is 152 cm³/mol. The van der Waals surface area contributed by atoms with Gasteiger partial charge in [-0.05, 0) is 72.9 Å². The number of aromatic nitrogens is 2. The largest absolute Gasteiger partial charge is 0.494 e. The Balaban J connectivity index is 1.91. The van der Waals surface area contributed by atoms with Crippen molar-refractivity contribution in [3.63, 3.8) is 0 Å². The number of benzene rings is 3. The topological polar surface area (TPSA) is 89.5 Å². The molecule has 7 nitrogen and oxygen atoms in total. The first-order valence-electron chi connectivity index (χ1n) is 12.1. The van der Waals surface area contributed by atoms with Crippen LogP contribution >= 0.6 is 23.2 Å². The molecule has 0 aliphatic rings. The van der Waals surface area contributed by atoms with Gasteiger partial charge in [0.1, 0.15) is 11.8 Å². The van der Waals surface area contributed by atoms with Crippen LogP contribution < -0.4 is 15.0 Å². The quantitative estimate of drug-likeness (QED) is 0.221. The lowest BCUT2D eigenvalue weighted by Gasteiger charge is -2.18. The van der Waals surface area contributed by atoms with E-state index in [2.05, 4.69) is 18.9 Å². The van der Waals surface area contributed by atoms with Crippen LogP contribution in [0.3, 0.4) is 0 Å². The van der Waals surface area contributed by atoms with Crippen molar-refractivity contribution in [2.75, 3.05) is 13.2 Å². The summed E-state index contributed by atoms with van der Waals surface area (Å²) >= 11 is 12.6. The number of hydrogen-bond donors (Lipinski definition) is 0. The van der Waals surface area contributed by atoms with Crippen LogP contribution in [0.25, 0.3) is 22.3 Å². The summed E-state index contributed by atoms with van der Waals surface area (Å²) in [5, 5.41) is 14.2. The summed E-state index contributed by atoms with van der Waals surface area (Å²) in [5.41, 5.74) is 3.48. The molecule has 0 fully saturated rings. The normalized spacial score (nSPS) is 11.3. The first-order chi connectivity index (χ1) is 18.2. The molecule has 1 heterocycles. The van der Waals surface area contributed by atoms with Gasteiger partial charge in [0.25, 0.3) is 5.56 Å². The number of para-hydroxylation sites is 1. The number of nitriles is 1.